The van der Waals surface area contributed by atoms with Gasteiger partial charge in [-0.25, -0.2) is 4.79 Å². The number of carbonyl (C=O) groups is 3. The average Bonchev–Trinajstić information content (AvgIpc) is 2.39. The predicted octanol–water partition coefficient (Wildman–Crippen LogP) is 0.0594. The fourth-order valence-electron chi connectivity index (χ4n) is 0.964. The molecule has 0 heterocycles. The van der Waals surface area contributed by atoms with Crippen molar-refractivity contribution in [2.24, 2.45) is 0 Å². The Morgan fingerprint density at radius 1 is 1.21 bits per heavy atom. The maximum atomic E-state index is 11.6. The van der Waals surface area contributed by atoms with Crippen LogP contribution in [-0.2, 0) is 9.53 Å². The first-order valence-corrected chi connectivity index (χ1v) is 6.60. The van der Waals surface area contributed by atoms with Crippen LogP contribution in [0.25, 0.3) is 0 Å². The van der Waals surface area contributed by atoms with Crippen LogP contribution in [0.1, 0.15) is 6.92 Å². The minimum absolute atomic E-state index is 0.0466. The van der Waals surface area contributed by atoms with E-state index in [1.165, 1.54) is 16.7 Å². The summed E-state index contributed by atoms with van der Waals surface area (Å²) < 4.78 is 4.63. The highest BCUT2D eigenvalue weighted by atomic mass is 32.2. The monoisotopic (exact) mass is 287 g/mol. The zero-order chi connectivity index (χ0) is 14.8. The topological polar surface area (TPSA) is 79.0 Å². The zero-order valence-electron chi connectivity index (χ0n) is 11.3. The van der Waals surface area contributed by atoms with Gasteiger partial charge in [-0.15, -0.1) is 0 Å². The molecule has 0 rings (SSSR count). The molecule has 7 nitrogen and oxygen atoms in total. The van der Waals surface area contributed by atoms with Gasteiger partial charge in [-0.3, -0.25) is 9.59 Å². The molecule has 0 aliphatic carbocycles. The van der Waals surface area contributed by atoms with Crippen LogP contribution < -0.4 is 5.23 Å². The summed E-state index contributed by atoms with van der Waals surface area (Å²) >= 11 is 1.03. The van der Waals surface area contributed by atoms with Gasteiger partial charge >= 0.3 is 6.09 Å². The van der Waals surface area contributed by atoms with Gasteiger partial charge in [-0.05, 0) is 0 Å². The van der Waals surface area contributed by atoms with Crippen molar-refractivity contribution in [1.29, 1.82) is 0 Å². The Labute approximate surface area is 118 Å². The Hall–Kier alpha value is -1.38. The lowest BCUT2D eigenvalue weighted by Crippen LogP contribution is -2.35. The number of ether oxygens (including phenoxy) is 1. The van der Waals surface area contributed by atoms with Crippen LogP contribution in [0.4, 0.5) is 9.59 Å². The van der Waals surface area contributed by atoms with E-state index in [1.54, 1.807) is 14.1 Å². The molecule has 0 aliphatic rings. The molecular formula is C10H18BN3O4S. The molecule has 0 aromatic carbocycles. The van der Waals surface area contributed by atoms with Gasteiger partial charge in [0.15, 0.2) is 0 Å². The summed E-state index contributed by atoms with van der Waals surface area (Å²) in [6, 6.07) is 0. The van der Waals surface area contributed by atoms with Crippen molar-refractivity contribution >= 4 is 37.0 Å². The molecule has 0 bridgehead atoms. The van der Waals surface area contributed by atoms with Crippen molar-refractivity contribution in [3.8, 4) is 0 Å². The SMILES string of the molecule is [B]NC(=O)OCCSC(=O)N(C)CCN(C)C(C)=O. The van der Waals surface area contributed by atoms with Crippen molar-refractivity contribution in [2.45, 2.75) is 6.92 Å². The molecule has 0 aliphatic heterocycles. The standard InChI is InChI=1S/C10H18BN3O4S/c1-8(15)13(2)4-5-14(3)10(17)19-7-6-18-9(16)12-11/h4-7H2,1-3H3,(H,12,16). The molecule has 19 heavy (non-hydrogen) atoms. The second kappa shape index (κ2) is 9.54. The molecule has 0 aromatic rings. The van der Waals surface area contributed by atoms with Crippen LogP contribution in [0, 0.1) is 0 Å². The lowest BCUT2D eigenvalue weighted by Gasteiger charge is -2.21. The second-order valence-corrected chi connectivity index (χ2v) is 4.80. The number of carbonyl (C=O) groups excluding carboxylic acids is 3. The first kappa shape index (κ1) is 17.6. The van der Waals surface area contributed by atoms with Gasteiger partial charge in [0, 0.05) is 39.9 Å². The maximum Gasteiger partial charge on any atom is 0.394 e. The molecule has 1 N–H and O–H groups in total. The third kappa shape index (κ3) is 8.36. The molecule has 0 fully saturated rings. The molecule has 9 heteroatoms. The van der Waals surface area contributed by atoms with Crippen LogP contribution in [0.5, 0.6) is 0 Å². The van der Waals surface area contributed by atoms with Crippen LogP contribution in [-0.4, -0.2) is 74.6 Å². The first-order chi connectivity index (χ1) is 8.88. The Morgan fingerprint density at radius 3 is 2.32 bits per heavy atom. The largest absolute Gasteiger partial charge is 0.450 e. The number of amides is 3. The molecular weight excluding hydrogens is 269 g/mol. The molecule has 3 amide bonds. The fraction of sp³-hybridized carbons (Fsp3) is 0.700. The van der Waals surface area contributed by atoms with E-state index in [-0.39, 0.29) is 17.8 Å². The number of hydrogen-bond acceptors (Lipinski definition) is 5. The number of likely N-dealkylation sites (N-methyl/N-ethyl adjacent to an activating group) is 2. The first-order valence-electron chi connectivity index (χ1n) is 5.61. The summed E-state index contributed by atoms with van der Waals surface area (Å²) in [6.45, 7) is 2.49. The van der Waals surface area contributed by atoms with E-state index in [9.17, 15) is 14.4 Å². The molecule has 0 saturated heterocycles. The van der Waals surface area contributed by atoms with Gasteiger partial charge in [0.25, 0.3) is 5.24 Å². The Bertz CT molecular complexity index is 330. The second-order valence-electron chi connectivity index (χ2n) is 3.76. The molecule has 2 radical (unpaired) electrons. The van der Waals surface area contributed by atoms with Crippen LogP contribution in [0.2, 0.25) is 0 Å². The summed E-state index contributed by atoms with van der Waals surface area (Å²) in [5, 5.41) is 1.67. The van der Waals surface area contributed by atoms with Gasteiger partial charge in [-0.2, -0.15) is 0 Å². The zero-order valence-corrected chi connectivity index (χ0v) is 12.2. The minimum Gasteiger partial charge on any atom is -0.450 e. The molecule has 0 saturated carbocycles. The van der Waals surface area contributed by atoms with Gasteiger partial charge in [0.1, 0.15) is 6.61 Å². The number of rotatable bonds is 6. The van der Waals surface area contributed by atoms with Crippen molar-refractivity contribution < 1.29 is 19.1 Å². The maximum absolute atomic E-state index is 11.6. The third-order valence-corrected chi connectivity index (χ3v) is 3.21. The van der Waals surface area contributed by atoms with Crippen LogP contribution in [0.3, 0.4) is 0 Å². The van der Waals surface area contributed by atoms with Gasteiger partial charge in [0.05, 0.1) is 0 Å². The lowest BCUT2D eigenvalue weighted by molar-refractivity contribution is -0.127. The van der Waals surface area contributed by atoms with E-state index >= 15 is 0 Å². The highest BCUT2D eigenvalue weighted by Gasteiger charge is 2.11. The molecule has 0 spiro atoms. The fourth-order valence-corrected chi connectivity index (χ4v) is 1.62. The summed E-state index contributed by atoms with van der Waals surface area (Å²) in [6.07, 6.45) is -0.732. The molecule has 106 valence electrons. The van der Waals surface area contributed by atoms with E-state index < -0.39 is 6.09 Å². The van der Waals surface area contributed by atoms with Crippen molar-refractivity contribution in [2.75, 3.05) is 39.5 Å². The van der Waals surface area contributed by atoms with E-state index in [4.69, 9.17) is 7.98 Å². The van der Waals surface area contributed by atoms with Crippen molar-refractivity contribution in [3.05, 3.63) is 0 Å². The van der Waals surface area contributed by atoms with Crippen molar-refractivity contribution in [1.82, 2.24) is 15.0 Å². The van der Waals surface area contributed by atoms with E-state index in [0.29, 0.717) is 18.8 Å². The smallest absolute Gasteiger partial charge is 0.394 e. The Morgan fingerprint density at radius 2 is 1.79 bits per heavy atom. The predicted molar refractivity (Wildman–Crippen MR) is 74.0 cm³/mol. The van der Waals surface area contributed by atoms with Gasteiger partial charge in [0.2, 0.25) is 13.9 Å². The normalized spacial score (nSPS) is 9.63. The van der Waals surface area contributed by atoms with Crippen LogP contribution in [0.15, 0.2) is 0 Å². The van der Waals surface area contributed by atoms with Gasteiger partial charge in [-0.1, -0.05) is 11.8 Å². The van der Waals surface area contributed by atoms with E-state index in [0.717, 1.165) is 11.8 Å². The minimum atomic E-state index is -0.732. The molecule has 0 aromatic heterocycles. The summed E-state index contributed by atoms with van der Waals surface area (Å²) in [4.78, 5) is 36.3. The van der Waals surface area contributed by atoms with E-state index in [2.05, 4.69) is 4.74 Å². The Balaban J connectivity index is 3.76. The third-order valence-electron chi connectivity index (χ3n) is 2.28. The molecule has 0 atom stereocenters. The number of hydrogen-bond donors (Lipinski definition) is 1. The highest BCUT2D eigenvalue weighted by molar-refractivity contribution is 8.13. The number of nitrogens with one attached hydrogen (secondary N) is 1. The highest BCUT2D eigenvalue weighted by Crippen LogP contribution is 2.07. The Kier molecular flexibility index (Phi) is 8.85. The summed E-state index contributed by atoms with van der Waals surface area (Å²) in [5.41, 5.74) is 0. The van der Waals surface area contributed by atoms with Crippen molar-refractivity contribution in [3.63, 3.8) is 0 Å². The quantitative estimate of drug-likeness (QED) is 0.552. The van der Waals surface area contributed by atoms with Crippen LogP contribution >= 0.6 is 11.8 Å². The lowest BCUT2D eigenvalue weighted by atomic mass is 10.4. The molecule has 0 unspecified atom stereocenters. The number of nitrogens with zero attached hydrogens (tertiary/aromatic N) is 2. The van der Waals surface area contributed by atoms with E-state index in [1.807, 2.05) is 5.23 Å². The van der Waals surface area contributed by atoms with Gasteiger partial charge < -0.3 is 19.8 Å². The number of thioether (sulfide) groups is 1. The average molecular weight is 287 g/mol. The summed E-state index contributed by atoms with van der Waals surface area (Å²) in [5.74, 6) is 0.300. The summed E-state index contributed by atoms with van der Waals surface area (Å²) in [7, 11) is 8.14.